The van der Waals surface area contributed by atoms with Crippen molar-refractivity contribution in [1.82, 2.24) is 4.57 Å². The number of thiazole rings is 1. The van der Waals surface area contributed by atoms with E-state index in [1.54, 1.807) is 24.5 Å². The van der Waals surface area contributed by atoms with Crippen molar-refractivity contribution in [3.63, 3.8) is 0 Å². The molecule has 3 aromatic rings. The number of hydrogen-bond acceptors (Lipinski definition) is 8. The lowest BCUT2D eigenvalue weighted by Gasteiger charge is -2.24. The standard InChI is InChI=1S/C26H25N3O5S/c1-5-32-25(31)22-15(2)27-26-29(23(22)17-8-11-19-20(13-17)34-14-33-19)24(30)21(35-26)12-16-6-9-18(10-7-16)28(3)4/h6-13,23H,5,14H2,1-4H3/b21-12-. The van der Waals surface area contributed by atoms with Gasteiger partial charge in [-0.25, -0.2) is 9.79 Å². The van der Waals surface area contributed by atoms with Crippen LogP contribution in [0, 0.1) is 0 Å². The summed E-state index contributed by atoms with van der Waals surface area (Å²) >= 11 is 1.30. The van der Waals surface area contributed by atoms with Crippen LogP contribution in [-0.4, -0.2) is 38.0 Å². The fraction of sp³-hybridized carbons (Fsp3) is 0.269. The average Bonchev–Trinajstić information content (AvgIpc) is 3.42. The Kier molecular flexibility index (Phi) is 5.94. The fourth-order valence-electron chi connectivity index (χ4n) is 4.21. The van der Waals surface area contributed by atoms with Gasteiger partial charge in [0.2, 0.25) is 6.79 Å². The van der Waals surface area contributed by atoms with E-state index in [9.17, 15) is 9.59 Å². The predicted molar refractivity (Wildman–Crippen MR) is 134 cm³/mol. The lowest BCUT2D eigenvalue weighted by atomic mass is 9.95. The summed E-state index contributed by atoms with van der Waals surface area (Å²) in [5.41, 5.74) is 3.33. The molecule has 0 radical (unpaired) electrons. The quantitative estimate of drug-likeness (QED) is 0.511. The van der Waals surface area contributed by atoms with Gasteiger partial charge in [0.25, 0.3) is 5.56 Å². The van der Waals surface area contributed by atoms with E-state index in [1.807, 2.05) is 61.5 Å². The minimum atomic E-state index is -0.696. The summed E-state index contributed by atoms with van der Waals surface area (Å²) in [6, 6.07) is 12.7. The lowest BCUT2D eigenvalue weighted by Crippen LogP contribution is -2.39. The van der Waals surface area contributed by atoms with Crippen LogP contribution in [0.2, 0.25) is 0 Å². The van der Waals surface area contributed by atoms with Crippen molar-refractivity contribution in [2.24, 2.45) is 4.99 Å². The Hall–Kier alpha value is -3.85. The Bertz CT molecular complexity index is 1520. The number of carbonyl (C=O) groups excluding carboxylic acids is 1. The monoisotopic (exact) mass is 491 g/mol. The molecule has 1 unspecified atom stereocenters. The zero-order valence-electron chi connectivity index (χ0n) is 19.9. The van der Waals surface area contributed by atoms with Crippen molar-refractivity contribution in [2.45, 2.75) is 19.9 Å². The molecule has 5 rings (SSSR count). The number of anilines is 1. The van der Waals surface area contributed by atoms with Gasteiger partial charge >= 0.3 is 5.97 Å². The molecule has 1 aromatic heterocycles. The van der Waals surface area contributed by atoms with Gasteiger partial charge in [-0.1, -0.05) is 29.5 Å². The van der Waals surface area contributed by atoms with Gasteiger partial charge in [0.15, 0.2) is 16.3 Å². The number of benzene rings is 2. The van der Waals surface area contributed by atoms with Crippen molar-refractivity contribution in [3.05, 3.63) is 84.5 Å². The number of esters is 1. The third-order valence-corrected chi connectivity index (χ3v) is 6.92. The minimum absolute atomic E-state index is 0.133. The van der Waals surface area contributed by atoms with Gasteiger partial charge in [-0.2, -0.15) is 0 Å². The first kappa shape index (κ1) is 22.9. The van der Waals surface area contributed by atoms with E-state index in [-0.39, 0.29) is 19.0 Å². The summed E-state index contributed by atoms with van der Waals surface area (Å²) in [6.45, 7) is 3.87. The Morgan fingerprint density at radius 2 is 1.94 bits per heavy atom. The van der Waals surface area contributed by atoms with Crippen molar-refractivity contribution < 1.29 is 19.0 Å². The topological polar surface area (TPSA) is 82.4 Å². The third-order valence-electron chi connectivity index (χ3n) is 5.94. The molecule has 2 aromatic carbocycles. The Morgan fingerprint density at radius 3 is 2.66 bits per heavy atom. The van der Waals surface area contributed by atoms with Crippen LogP contribution < -0.4 is 29.3 Å². The highest BCUT2D eigenvalue weighted by atomic mass is 32.1. The molecular weight excluding hydrogens is 466 g/mol. The fourth-order valence-corrected chi connectivity index (χ4v) is 5.26. The van der Waals surface area contributed by atoms with E-state index in [4.69, 9.17) is 14.2 Å². The van der Waals surface area contributed by atoms with Crippen molar-refractivity contribution >= 4 is 29.1 Å². The van der Waals surface area contributed by atoms with Crippen LogP contribution in [0.5, 0.6) is 11.5 Å². The molecule has 180 valence electrons. The van der Waals surface area contributed by atoms with Crippen molar-refractivity contribution in [3.8, 4) is 11.5 Å². The molecule has 0 saturated carbocycles. The van der Waals surface area contributed by atoms with E-state index >= 15 is 0 Å². The van der Waals surface area contributed by atoms with Gasteiger partial charge in [0.1, 0.15) is 0 Å². The number of hydrogen-bond donors (Lipinski definition) is 0. The van der Waals surface area contributed by atoms with Crippen LogP contribution in [-0.2, 0) is 9.53 Å². The Balaban J connectivity index is 1.68. The molecule has 35 heavy (non-hydrogen) atoms. The first-order valence-electron chi connectivity index (χ1n) is 11.2. The number of ether oxygens (including phenoxy) is 3. The molecule has 8 nitrogen and oxygen atoms in total. The Morgan fingerprint density at radius 1 is 1.20 bits per heavy atom. The van der Waals surface area contributed by atoms with Gasteiger partial charge in [-0.3, -0.25) is 9.36 Å². The number of carbonyl (C=O) groups is 1. The summed E-state index contributed by atoms with van der Waals surface area (Å²) < 4.78 is 18.5. The van der Waals surface area contributed by atoms with E-state index in [1.165, 1.54) is 11.3 Å². The molecule has 0 bridgehead atoms. The number of fused-ring (bicyclic) bond motifs is 2. The van der Waals surface area contributed by atoms with Gasteiger partial charge in [0.05, 0.1) is 28.5 Å². The van der Waals surface area contributed by atoms with Crippen molar-refractivity contribution in [2.75, 3.05) is 32.4 Å². The molecule has 0 aliphatic carbocycles. The maximum absolute atomic E-state index is 13.7. The smallest absolute Gasteiger partial charge is 0.338 e. The first-order valence-corrected chi connectivity index (χ1v) is 12.1. The van der Waals surface area contributed by atoms with E-state index in [0.717, 1.165) is 16.8 Å². The largest absolute Gasteiger partial charge is 0.463 e. The van der Waals surface area contributed by atoms with Crippen LogP contribution in [0.25, 0.3) is 6.08 Å². The third kappa shape index (κ3) is 4.12. The molecule has 1 atom stereocenters. The summed E-state index contributed by atoms with van der Waals surface area (Å²) in [7, 11) is 3.96. The molecule has 0 saturated heterocycles. The van der Waals surface area contributed by atoms with E-state index in [0.29, 0.717) is 32.1 Å². The highest BCUT2D eigenvalue weighted by Crippen LogP contribution is 2.38. The van der Waals surface area contributed by atoms with Crippen LogP contribution >= 0.6 is 11.3 Å². The number of nitrogens with zero attached hydrogens (tertiary/aromatic N) is 3. The SMILES string of the molecule is CCOC(=O)C1=C(C)N=c2s/c(=C\c3ccc(N(C)C)cc3)c(=O)n2C1c1ccc2c(c1)OCO2. The predicted octanol–water partition coefficient (Wildman–Crippen LogP) is 2.59. The van der Waals surface area contributed by atoms with Gasteiger partial charge in [-0.05, 0) is 55.3 Å². The lowest BCUT2D eigenvalue weighted by molar-refractivity contribution is -0.139. The maximum atomic E-state index is 13.7. The van der Waals surface area contributed by atoms with Gasteiger partial charge in [0, 0.05) is 19.8 Å². The van der Waals surface area contributed by atoms with Crippen LogP contribution in [0.4, 0.5) is 5.69 Å². The van der Waals surface area contributed by atoms with Crippen LogP contribution in [0.1, 0.15) is 31.0 Å². The van der Waals surface area contributed by atoms with Crippen LogP contribution in [0.3, 0.4) is 0 Å². The van der Waals surface area contributed by atoms with E-state index < -0.39 is 12.0 Å². The molecule has 0 amide bonds. The molecule has 2 aliphatic heterocycles. The first-order chi connectivity index (χ1) is 16.9. The molecule has 2 aliphatic rings. The second-order valence-electron chi connectivity index (χ2n) is 8.40. The summed E-state index contributed by atoms with van der Waals surface area (Å²) in [5, 5.41) is 0. The number of allylic oxidation sites excluding steroid dienone is 1. The van der Waals surface area contributed by atoms with Crippen LogP contribution in [0.15, 0.2) is 63.5 Å². The molecular formula is C26H25N3O5S. The molecule has 3 heterocycles. The number of aromatic nitrogens is 1. The Labute approximate surface area is 206 Å². The van der Waals surface area contributed by atoms with Gasteiger partial charge in [-0.15, -0.1) is 0 Å². The van der Waals surface area contributed by atoms with Crippen molar-refractivity contribution in [1.29, 1.82) is 0 Å². The van der Waals surface area contributed by atoms with E-state index in [2.05, 4.69) is 4.99 Å². The highest BCUT2D eigenvalue weighted by molar-refractivity contribution is 7.07. The highest BCUT2D eigenvalue weighted by Gasteiger charge is 2.34. The average molecular weight is 492 g/mol. The second kappa shape index (κ2) is 9.07. The molecule has 0 spiro atoms. The van der Waals surface area contributed by atoms with Gasteiger partial charge < -0.3 is 19.1 Å². The number of rotatable bonds is 5. The molecule has 0 N–H and O–H groups in total. The molecule has 9 heteroatoms. The second-order valence-corrected chi connectivity index (χ2v) is 9.41. The minimum Gasteiger partial charge on any atom is -0.463 e. The maximum Gasteiger partial charge on any atom is 0.338 e. The molecule has 0 fully saturated rings. The summed E-state index contributed by atoms with van der Waals surface area (Å²) in [5.74, 6) is 0.703. The summed E-state index contributed by atoms with van der Waals surface area (Å²) in [6.07, 6.45) is 1.85. The zero-order chi connectivity index (χ0) is 24.7. The zero-order valence-corrected chi connectivity index (χ0v) is 20.7. The normalized spacial score (nSPS) is 16.7. The summed E-state index contributed by atoms with van der Waals surface area (Å²) in [4.78, 5) is 33.9.